The van der Waals surface area contributed by atoms with Gasteiger partial charge in [0.15, 0.2) is 0 Å². The van der Waals surface area contributed by atoms with Gasteiger partial charge in [-0.1, -0.05) is 12.1 Å². The largest absolute Gasteiger partial charge is 0.375 e. The molecule has 1 fully saturated rings. The Morgan fingerprint density at radius 2 is 2.19 bits per heavy atom. The Morgan fingerprint density at radius 1 is 1.44 bits per heavy atom. The van der Waals surface area contributed by atoms with Gasteiger partial charge >= 0.3 is 0 Å². The van der Waals surface area contributed by atoms with Crippen LogP contribution in [0.1, 0.15) is 6.42 Å². The van der Waals surface area contributed by atoms with Crippen molar-refractivity contribution >= 4 is 23.8 Å². The molecule has 6 heteroatoms. The lowest BCUT2D eigenvalue weighted by atomic mass is 10.2. The lowest BCUT2D eigenvalue weighted by molar-refractivity contribution is -0.384. The van der Waals surface area contributed by atoms with E-state index < -0.39 is 0 Å². The third-order valence-electron chi connectivity index (χ3n) is 2.52. The number of para-hydroxylation sites is 2. The number of nitrogens with one attached hydrogen (secondary N) is 2. The van der Waals surface area contributed by atoms with Crippen LogP contribution in [0.5, 0.6) is 0 Å². The predicted octanol–water partition coefficient (Wildman–Crippen LogP) is 1.79. The second kappa shape index (κ2) is 5.67. The number of nitrogens with zero attached hydrogens (tertiary/aromatic N) is 1. The molecule has 0 amide bonds. The molecule has 0 aromatic heterocycles. The van der Waals surface area contributed by atoms with Crippen molar-refractivity contribution in [2.75, 3.05) is 18.4 Å². The highest BCUT2D eigenvalue weighted by Gasteiger charge is 2.18. The van der Waals surface area contributed by atoms with E-state index >= 15 is 0 Å². The first-order valence-corrected chi connectivity index (χ1v) is 4.98. The Balaban J connectivity index is 0.00000128. The van der Waals surface area contributed by atoms with E-state index in [-0.39, 0.29) is 23.0 Å². The van der Waals surface area contributed by atoms with Crippen molar-refractivity contribution in [1.82, 2.24) is 5.32 Å². The van der Waals surface area contributed by atoms with Gasteiger partial charge in [-0.15, -0.1) is 12.4 Å². The summed E-state index contributed by atoms with van der Waals surface area (Å²) in [5.41, 5.74) is 0.751. The van der Waals surface area contributed by atoms with Crippen LogP contribution in [-0.2, 0) is 0 Å². The van der Waals surface area contributed by atoms with E-state index in [0.717, 1.165) is 19.5 Å². The van der Waals surface area contributed by atoms with Gasteiger partial charge in [0.05, 0.1) is 4.92 Å². The third-order valence-corrected chi connectivity index (χ3v) is 2.52. The average Bonchev–Trinajstić information content (AvgIpc) is 2.71. The van der Waals surface area contributed by atoms with Gasteiger partial charge < -0.3 is 10.6 Å². The number of hydrogen-bond acceptors (Lipinski definition) is 4. The van der Waals surface area contributed by atoms with Gasteiger partial charge in [0.2, 0.25) is 0 Å². The van der Waals surface area contributed by atoms with Gasteiger partial charge in [0, 0.05) is 18.7 Å². The zero-order valence-electron chi connectivity index (χ0n) is 8.68. The SMILES string of the molecule is Cl.O=[N+]([O-])c1ccccc1N[C@@H]1CCNC1. The Kier molecular flexibility index (Phi) is 4.52. The maximum atomic E-state index is 10.7. The Morgan fingerprint density at radius 3 is 2.81 bits per heavy atom. The van der Waals surface area contributed by atoms with Crippen LogP contribution in [0.3, 0.4) is 0 Å². The maximum Gasteiger partial charge on any atom is 0.292 e. The Bertz CT molecular complexity index is 367. The minimum Gasteiger partial charge on any atom is -0.375 e. The molecule has 2 N–H and O–H groups in total. The smallest absolute Gasteiger partial charge is 0.292 e. The Labute approximate surface area is 99.8 Å². The summed E-state index contributed by atoms with van der Waals surface area (Å²) >= 11 is 0. The fourth-order valence-electron chi connectivity index (χ4n) is 1.75. The van der Waals surface area contributed by atoms with Crippen LogP contribution in [0.15, 0.2) is 24.3 Å². The molecule has 88 valence electrons. The number of nitro benzene ring substituents is 1. The fourth-order valence-corrected chi connectivity index (χ4v) is 1.75. The van der Waals surface area contributed by atoms with Gasteiger partial charge in [0.25, 0.3) is 5.69 Å². The van der Waals surface area contributed by atoms with Crippen LogP contribution in [0.2, 0.25) is 0 Å². The van der Waals surface area contributed by atoms with E-state index in [1.54, 1.807) is 18.2 Å². The number of hydrogen-bond donors (Lipinski definition) is 2. The first kappa shape index (κ1) is 12.7. The first-order chi connectivity index (χ1) is 7.27. The number of halogens is 1. The molecular weight excluding hydrogens is 230 g/mol. The molecule has 1 aromatic carbocycles. The lowest BCUT2D eigenvalue weighted by Gasteiger charge is -2.12. The molecule has 5 nitrogen and oxygen atoms in total. The molecule has 1 saturated heterocycles. The summed E-state index contributed by atoms with van der Waals surface area (Å²) in [6.07, 6.45) is 1.01. The van der Waals surface area contributed by atoms with Gasteiger partial charge in [-0.05, 0) is 19.0 Å². The predicted molar refractivity (Wildman–Crippen MR) is 65.2 cm³/mol. The number of benzene rings is 1. The van der Waals surface area contributed by atoms with E-state index in [1.165, 1.54) is 6.07 Å². The topological polar surface area (TPSA) is 67.2 Å². The molecule has 16 heavy (non-hydrogen) atoms. The fraction of sp³-hybridized carbons (Fsp3) is 0.400. The molecule has 0 unspecified atom stereocenters. The number of anilines is 1. The minimum atomic E-state index is -0.356. The molecule has 0 radical (unpaired) electrons. The first-order valence-electron chi connectivity index (χ1n) is 4.98. The molecule has 1 heterocycles. The average molecular weight is 244 g/mol. The number of rotatable bonds is 3. The van der Waals surface area contributed by atoms with E-state index in [0.29, 0.717) is 11.7 Å². The summed E-state index contributed by atoms with van der Waals surface area (Å²) in [6, 6.07) is 7.04. The van der Waals surface area contributed by atoms with E-state index in [9.17, 15) is 10.1 Å². The lowest BCUT2D eigenvalue weighted by Crippen LogP contribution is -2.22. The van der Waals surface area contributed by atoms with Crippen LogP contribution in [-0.4, -0.2) is 24.1 Å². The van der Waals surface area contributed by atoms with Crippen molar-refractivity contribution in [2.24, 2.45) is 0 Å². The van der Waals surface area contributed by atoms with Gasteiger partial charge in [-0.2, -0.15) is 0 Å². The van der Waals surface area contributed by atoms with Crippen molar-refractivity contribution in [3.8, 4) is 0 Å². The van der Waals surface area contributed by atoms with Crippen LogP contribution in [0, 0.1) is 10.1 Å². The number of nitro groups is 1. The van der Waals surface area contributed by atoms with E-state index in [1.807, 2.05) is 0 Å². The summed E-state index contributed by atoms with van der Waals surface area (Å²) in [4.78, 5) is 10.4. The van der Waals surface area contributed by atoms with Crippen LogP contribution in [0.4, 0.5) is 11.4 Å². The highest BCUT2D eigenvalue weighted by atomic mass is 35.5. The molecule has 1 aliphatic heterocycles. The quantitative estimate of drug-likeness (QED) is 0.627. The highest BCUT2D eigenvalue weighted by Crippen LogP contribution is 2.24. The molecule has 1 atom stereocenters. The van der Waals surface area contributed by atoms with Gasteiger partial charge in [-0.25, -0.2) is 0 Å². The molecule has 0 saturated carbocycles. The minimum absolute atomic E-state index is 0. The molecule has 0 spiro atoms. The van der Waals surface area contributed by atoms with Crippen molar-refractivity contribution < 1.29 is 4.92 Å². The van der Waals surface area contributed by atoms with Crippen molar-refractivity contribution in [3.63, 3.8) is 0 Å². The molecular formula is C10H14ClN3O2. The van der Waals surface area contributed by atoms with Crippen molar-refractivity contribution in [3.05, 3.63) is 34.4 Å². The zero-order valence-corrected chi connectivity index (χ0v) is 9.50. The summed E-state index contributed by atoms with van der Waals surface area (Å²) in [5, 5.41) is 17.1. The summed E-state index contributed by atoms with van der Waals surface area (Å²) in [7, 11) is 0. The molecule has 2 rings (SSSR count). The van der Waals surface area contributed by atoms with Crippen LogP contribution in [0.25, 0.3) is 0 Å². The molecule has 1 aliphatic rings. The Hall–Kier alpha value is -1.33. The van der Waals surface area contributed by atoms with Crippen LogP contribution < -0.4 is 10.6 Å². The van der Waals surface area contributed by atoms with Crippen molar-refractivity contribution in [2.45, 2.75) is 12.5 Å². The zero-order chi connectivity index (χ0) is 10.7. The second-order valence-electron chi connectivity index (χ2n) is 3.61. The third kappa shape index (κ3) is 2.84. The van der Waals surface area contributed by atoms with Gasteiger partial charge in [-0.3, -0.25) is 10.1 Å². The van der Waals surface area contributed by atoms with Crippen LogP contribution >= 0.6 is 12.4 Å². The molecule has 1 aromatic rings. The highest BCUT2D eigenvalue weighted by molar-refractivity contribution is 5.85. The monoisotopic (exact) mass is 243 g/mol. The summed E-state index contributed by atoms with van der Waals surface area (Å²) < 4.78 is 0. The van der Waals surface area contributed by atoms with E-state index in [4.69, 9.17) is 0 Å². The van der Waals surface area contributed by atoms with Gasteiger partial charge in [0.1, 0.15) is 5.69 Å². The summed E-state index contributed by atoms with van der Waals surface area (Å²) in [5.74, 6) is 0. The standard InChI is InChI=1S/C10H13N3O2.ClH/c14-13(15)10-4-2-1-3-9(10)12-8-5-6-11-7-8;/h1-4,8,11-12H,5-7H2;1H/t8-;/m1./s1. The molecule has 0 aliphatic carbocycles. The summed E-state index contributed by atoms with van der Waals surface area (Å²) in [6.45, 7) is 1.84. The second-order valence-corrected chi connectivity index (χ2v) is 3.61. The van der Waals surface area contributed by atoms with Crippen molar-refractivity contribution in [1.29, 1.82) is 0 Å². The van der Waals surface area contributed by atoms with E-state index in [2.05, 4.69) is 10.6 Å². The maximum absolute atomic E-state index is 10.7. The normalized spacial score (nSPS) is 18.9. The molecule has 0 bridgehead atoms.